The third-order valence-electron chi connectivity index (χ3n) is 3.83. The van der Waals surface area contributed by atoms with Crippen LogP contribution in [0.4, 0.5) is 5.82 Å². The van der Waals surface area contributed by atoms with Crippen molar-refractivity contribution in [1.29, 1.82) is 0 Å². The average Bonchev–Trinajstić information content (AvgIpc) is 2.35. The topological polar surface area (TPSA) is 61.0 Å². The lowest BCUT2D eigenvalue weighted by molar-refractivity contribution is -0.0881. The van der Waals surface area contributed by atoms with Gasteiger partial charge in [-0.2, -0.15) is 0 Å². The molecule has 2 atom stereocenters. The predicted octanol–water partition coefficient (Wildman–Crippen LogP) is 3.41. The number of hydrogen-bond acceptors (Lipinski definition) is 4. The van der Waals surface area contributed by atoms with Crippen LogP contribution in [0, 0.1) is 16.4 Å². The maximum atomic E-state index is 6.09. The van der Waals surface area contributed by atoms with Gasteiger partial charge in [0, 0.05) is 6.61 Å². The largest absolute Gasteiger partial charge is 0.383 e. The number of rotatable bonds is 3. The first-order valence-corrected chi connectivity index (χ1v) is 8.00. The molecule has 1 saturated carbocycles. The first kappa shape index (κ1) is 15.0. The Hall–Kier alpha value is -0.430. The third-order valence-corrected chi connectivity index (χ3v) is 5.16. The van der Waals surface area contributed by atoms with Crippen LogP contribution in [0.15, 0.2) is 0 Å². The van der Waals surface area contributed by atoms with Crippen molar-refractivity contribution in [3.8, 4) is 0 Å². The van der Waals surface area contributed by atoms with Crippen LogP contribution in [-0.2, 0) is 10.3 Å². The van der Waals surface area contributed by atoms with Gasteiger partial charge in [0.2, 0.25) is 0 Å². The molecule has 0 amide bonds. The minimum atomic E-state index is -0.338. The zero-order chi connectivity index (χ0) is 14.0. The molecule has 1 aliphatic carbocycles. The second-order valence-electron chi connectivity index (χ2n) is 5.46. The molecule has 2 unspecified atom stereocenters. The Morgan fingerprint density at radius 1 is 1.47 bits per heavy atom. The van der Waals surface area contributed by atoms with Gasteiger partial charge in [0.1, 0.15) is 11.4 Å². The molecule has 1 aromatic rings. The van der Waals surface area contributed by atoms with Crippen molar-refractivity contribution < 1.29 is 4.74 Å². The van der Waals surface area contributed by atoms with Gasteiger partial charge in [-0.1, -0.05) is 13.3 Å². The van der Waals surface area contributed by atoms with E-state index in [1.54, 1.807) is 0 Å². The van der Waals surface area contributed by atoms with Crippen LogP contribution in [0.25, 0.3) is 0 Å². The molecular formula is C14H22IN3O. The highest BCUT2D eigenvalue weighted by atomic mass is 127. The Balaban J connectivity index is 2.44. The summed E-state index contributed by atoms with van der Waals surface area (Å²) < 4.78 is 7.04. The van der Waals surface area contributed by atoms with Crippen LogP contribution in [0.3, 0.4) is 0 Å². The van der Waals surface area contributed by atoms with E-state index in [9.17, 15) is 0 Å². The Morgan fingerprint density at radius 3 is 2.79 bits per heavy atom. The lowest BCUT2D eigenvalue weighted by Gasteiger charge is -2.38. The van der Waals surface area contributed by atoms with Crippen molar-refractivity contribution in [2.45, 2.75) is 52.1 Å². The van der Waals surface area contributed by atoms with Crippen molar-refractivity contribution in [2.24, 2.45) is 5.92 Å². The fraction of sp³-hybridized carbons (Fsp3) is 0.714. The van der Waals surface area contributed by atoms with E-state index in [0.29, 0.717) is 18.3 Å². The molecule has 1 fully saturated rings. The van der Waals surface area contributed by atoms with Crippen molar-refractivity contribution in [3.05, 3.63) is 15.1 Å². The molecule has 19 heavy (non-hydrogen) atoms. The molecule has 0 bridgehead atoms. The van der Waals surface area contributed by atoms with E-state index >= 15 is 0 Å². The zero-order valence-corrected chi connectivity index (χ0v) is 14.0. The quantitative estimate of drug-likeness (QED) is 0.823. The second-order valence-corrected chi connectivity index (χ2v) is 6.54. The first-order chi connectivity index (χ1) is 8.98. The van der Waals surface area contributed by atoms with Crippen LogP contribution in [-0.4, -0.2) is 16.6 Å². The van der Waals surface area contributed by atoms with E-state index in [0.717, 1.165) is 34.4 Å². The predicted molar refractivity (Wildman–Crippen MR) is 84.8 cm³/mol. The summed E-state index contributed by atoms with van der Waals surface area (Å²) in [5, 5.41) is 0. The van der Waals surface area contributed by atoms with Crippen molar-refractivity contribution in [3.63, 3.8) is 0 Å². The monoisotopic (exact) mass is 375 g/mol. The molecule has 1 aliphatic rings. The Morgan fingerprint density at radius 2 is 2.21 bits per heavy atom. The van der Waals surface area contributed by atoms with Gasteiger partial charge >= 0.3 is 0 Å². The number of nitrogens with zero attached hydrogens (tertiary/aromatic N) is 2. The molecule has 0 saturated heterocycles. The van der Waals surface area contributed by atoms with Gasteiger partial charge < -0.3 is 10.5 Å². The van der Waals surface area contributed by atoms with Crippen LogP contribution in [0.2, 0.25) is 0 Å². The smallest absolute Gasteiger partial charge is 0.162 e. The standard InChI is InChI=1S/C14H22IN3O/c1-4-19-14(7-5-6-9(2)8-14)13-17-10(3)11(15)12(16)18-13/h9H,4-8H2,1-3H3,(H2,16,17,18). The molecule has 0 aliphatic heterocycles. The van der Waals surface area contributed by atoms with Gasteiger partial charge in [-0.25, -0.2) is 9.97 Å². The van der Waals surface area contributed by atoms with Crippen molar-refractivity contribution in [2.75, 3.05) is 12.3 Å². The fourth-order valence-corrected chi connectivity index (χ4v) is 3.20. The van der Waals surface area contributed by atoms with Gasteiger partial charge in [0.05, 0.1) is 9.26 Å². The molecule has 106 valence electrons. The minimum absolute atomic E-state index is 0.338. The number of anilines is 1. The van der Waals surface area contributed by atoms with Gasteiger partial charge in [-0.05, 0) is 61.6 Å². The molecule has 2 rings (SSSR count). The number of nitrogens with two attached hydrogens (primary N) is 1. The molecule has 4 nitrogen and oxygen atoms in total. The van der Waals surface area contributed by atoms with E-state index in [2.05, 4.69) is 39.5 Å². The number of nitrogen functional groups attached to an aromatic ring is 1. The minimum Gasteiger partial charge on any atom is -0.383 e. The second kappa shape index (κ2) is 5.91. The van der Waals surface area contributed by atoms with Gasteiger partial charge in [-0.3, -0.25) is 0 Å². The number of aromatic nitrogens is 2. The highest BCUT2D eigenvalue weighted by Gasteiger charge is 2.40. The SMILES string of the molecule is CCOC1(c2nc(C)c(I)c(N)n2)CCCC(C)C1. The molecule has 0 aromatic carbocycles. The summed E-state index contributed by atoms with van der Waals surface area (Å²) in [4.78, 5) is 9.18. The Kier molecular flexibility index (Phi) is 4.66. The number of aryl methyl sites for hydroxylation is 1. The van der Waals surface area contributed by atoms with Crippen molar-refractivity contribution >= 4 is 28.4 Å². The molecule has 5 heteroatoms. The average molecular weight is 375 g/mol. The van der Waals surface area contributed by atoms with E-state index in [4.69, 9.17) is 10.5 Å². The van der Waals surface area contributed by atoms with Gasteiger partial charge in [-0.15, -0.1) is 0 Å². The highest BCUT2D eigenvalue weighted by Crippen LogP contribution is 2.42. The molecular weight excluding hydrogens is 353 g/mol. The number of hydrogen-bond donors (Lipinski definition) is 1. The lowest BCUT2D eigenvalue weighted by Crippen LogP contribution is -2.37. The summed E-state index contributed by atoms with van der Waals surface area (Å²) in [6, 6.07) is 0. The van der Waals surface area contributed by atoms with E-state index in [-0.39, 0.29) is 5.60 Å². The summed E-state index contributed by atoms with van der Waals surface area (Å²) in [5.74, 6) is 1.99. The Bertz CT molecular complexity index is 439. The summed E-state index contributed by atoms with van der Waals surface area (Å²) in [6.45, 7) is 6.97. The number of halogens is 1. The van der Waals surface area contributed by atoms with Crippen LogP contribution < -0.4 is 5.73 Å². The summed E-state index contributed by atoms with van der Waals surface area (Å²) in [7, 11) is 0. The Labute approximate surface area is 128 Å². The zero-order valence-electron chi connectivity index (χ0n) is 11.9. The maximum absolute atomic E-state index is 6.09. The summed E-state index contributed by atoms with van der Waals surface area (Å²) in [5.41, 5.74) is 6.61. The fourth-order valence-electron chi connectivity index (χ4n) is 2.96. The first-order valence-electron chi connectivity index (χ1n) is 6.92. The van der Waals surface area contributed by atoms with E-state index in [1.807, 2.05) is 13.8 Å². The molecule has 1 aromatic heterocycles. The molecule has 0 spiro atoms. The normalized spacial score (nSPS) is 27.5. The molecule has 0 radical (unpaired) electrons. The summed E-state index contributed by atoms with van der Waals surface area (Å²) in [6.07, 6.45) is 4.40. The highest BCUT2D eigenvalue weighted by molar-refractivity contribution is 14.1. The van der Waals surface area contributed by atoms with E-state index in [1.165, 1.54) is 6.42 Å². The number of ether oxygens (including phenoxy) is 1. The van der Waals surface area contributed by atoms with E-state index < -0.39 is 0 Å². The van der Waals surface area contributed by atoms with Gasteiger partial charge in [0.15, 0.2) is 5.82 Å². The third kappa shape index (κ3) is 3.02. The lowest BCUT2D eigenvalue weighted by atomic mass is 9.78. The molecule has 1 heterocycles. The van der Waals surface area contributed by atoms with Crippen LogP contribution in [0.5, 0.6) is 0 Å². The maximum Gasteiger partial charge on any atom is 0.162 e. The summed E-state index contributed by atoms with van der Waals surface area (Å²) >= 11 is 2.20. The van der Waals surface area contributed by atoms with Crippen LogP contribution in [0.1, 0.15) is 51.0 Å². The van der Waals surface area contributed by atoms with Gasteiger partial charge in [0.25, 0.3) is 0 Å². The van der Waals surface area contributed by atoms with Crippen LogP contribution >= 0.6 is 22.6 Å². The van der Waals surface area contributed by atoms with Crippen molar-refractivity contribution in [1.82, 2.24) is 9.97 Å². The molecule has 2 N–H and O–H groups in total.